The fourth-order valence-electron chi connectivity index (χ4n) is 2.59. The van der Waals surface area contributed by atoms with Crippen molar-refractivity contribution in [2.75, 3.05) is 6.54 Å². The topological polar surface area (TPSA) is 49.4 Å². The molecule has 0 bridgehead atoms. The van der Waals surface area contributed by atoms with Crippen LogP contribution >= 0.6 is 0 Å². The van der Waals surface area contributed by atoms with Crippen molar-refractivity contribution >= 4 is 11.8 Å². The van der Waals surface area contributed by atoms with Crippen LogP contribution in [0.4, 0.5) is 0 Å². The smallest absolute Gasteiger partial charge is 0.246 e. The van der Waals surface area contributed by atoms with Gasteiger partial charge in [0, 0.05) is 6.54 Å². The lowest BCUT2D eigenvalue weighted by Crippen LogP contribution is -2.65. The van der Waals surface area contributed by atoms with Gasteiger partial charge < -0.3 is 10.2 Å². The van der Waals surface area contributed by atoms with Crippen LogP contribution in [-0.2, 0) is 9.59 Å². The zero-order valence-electron chi connectivity index (χ0n) is 12.9. The standard InChI is InChI=1S/C15H28N2O2/c1-6-8-17-12(9-10(3)4)14(18)16-13(15(17)19)11(5)7-2/h10-13H,6-9H2,1-5H3,(H,16,18). The van der Waals surface area contributed by atoms with Crippen molar-refractivity contribution in [3.8, 4) is 0 Å². The molecule has 1 N–H and O–H groups in total. The molecular formula is C15H28N2O2. The van der Waals surface area contributed by atoms with Gasteiger partial charge in [-0.15, -0.1) is 0 Å². The molecule has 0 aromatic heterocycles. The van der Waals surface area contributed by atoms with E-state index in [2.05, 4.69) is 26.1 Å². The molecule has 1 rings (SSSR count). The lowest BCUT2D eigenvalue weighted by Gasteiger charge is -2.41. The number of carbonyl (C=O) groups is 2. The molecule has 19 heavy (non-hydrogen) atoms. The summed E-state index contributed by atoms with van der Waals surface area (Å²) in [5.41, 5.74) is 0. The summed E-state index contributed by atoms with van der Waals surface area (Å²) in [6.07, 6.45) is 2.52. The zero-order valence-corrected chi connectivity index (χ0v) is 12.9. The van der Waals surface area contributed by atoms with Gasteiger partial charge in [0.2, 0.25) is 11.8 Å². The van der Waals surface area contributed by atoms with E-state index >= 15 is 0 Å². The number of piperazine rings is 1. The maximum Gasteiger partial charge on any atom is 0.246 e. The first-order valence-electron chi connectivity index (χ1n) is 7.53. The number of hydrogen-bond acceptors (Lipinski definition) is 2. The van der Waals surface area contributed by atoms with Crippen LogP contribution in [0.1, 0.15) is 53.9 Å². The van der Waals surface area contributed by atoms with Crippen molar-refractivity contribution in [2.24, 2.45) is 11.8 Å². The molecule has 3 atom stereocenters. The molecule has 1 aliphatic heterocycles. The van der Waals surface area contributed by atoms with Crippen LogP contribution < -0.4 is 5.32 Å². The van der Waals surface area contributed by atoms with Gasteiger partial charge in [-0.25, -0.2) is 0 Å². The van der Waals surface area contributed by atoms with Crippen LogP contribution in [-0.4, -0.2) is 35.3 Å². The quantitative estimate of drug-likeness (QED) is 0.802. The number of rotatable bonds is 6. The number of nitrogens with one attached hydrogen (secondary N) is 1. The Morgan fingerprint density at radius 2 is 1.84 bits per heavy atom. The molecule has 0 aromatic rings. The highest BCUT2D eigenvalue weighted by atomic mass is 16.2. The normalized spacial score (nSPS) is 25.7. The third-order valence-electron chi connectivity index (χ3n) is 3.90. The largest absolute Gasteiger partial charge is 0.342 e. The van der Waals surface area contributed by atoms with Gasteiger partial charge in [0.25, 0.3) is 0 Å². The van der Waals surface area contributed by atoms with Crippen molar-refractivity contribution in [1.29, 1.82) is 0 Å². The predicted octanol–water partition coefficient (Wildman–Crippen LogP) is 2.18. The van der Waals surface area contributed by atoms with Crippen LogP contribution in [0.3, 0.4) is 0 Å². The minimum Gasteiger partial charge on any atom is -0.342 e. The summed E-state index contributed by atoms with van der Waals surface area (Å²) in [4.78, 5) is 26.7. The fourth-order valence-corrected chi connectivity index (χ4v) is 2.59. The molecule has 0 radical (unpaired) electrons. The Balaban J connectivity index is 2.92. The van der Waals surface area contributed by atoms with Crippen LogP contribution in [0.15, 0.2) is 0 Å². The molecule has 0 aromatic carbocycles. The second kappa shape index (κ2) is 6.92. The molecule has 4 heteroatoms. The lowest BCUT2D eigenvalue weighted by molar-refractivity contribution is -0.151. The molecule has 4 nitrogen and oxygen atoms in total. The third kappa shape index (κ3) is 3.71. The van der Waals surface area contributed by atoms with Crippen molar-refractivity contribution in [2.45, 2.75) is 66.0 Å². The first kappa shape index (κ1) is 16.0. The van der Waals surface area contributed by atoms with Crippen LogP contribution in [0.2, 0.25) is 0 Å². The van der Waals surface area contributed by atoms with Crippen molar-refractivity contribution in [1.82, 2.24) is 10.2 Å². The molecule has 1 fully saturated rings. The van der Waals surface area contributed by atoms with Crippen LogP contribution in [0.5, 0.6) is 0 Å². The van der Waals surface area contributed by atoms with E-state index < -0.39 is 0 Å². The molecule has 0 spiro atoms. The molecule has 2 amide bonds. The third-order valence-corrected chi connectivity index (χ3v) is 3.90. The monoisotopic (exact) mass is 268 g/mol. The van der Waals surface area contributed by atoms with Gasteiger partial charge >= 0.3 is 0 Å². The Morgan fingerprint density at radius 3 is 2.32 bits per heavy atom. The molecule has 1 heterocycles. The summed E-state index contributed by atoms with van der Waals surface area (Å²) in [7, 11) is 0. The minimum absolute atomic E-state index is 0.0204. The van der Waals surface area contributed by atoms with Crippen molar-refractivity contribution in [3.63, 3.8) is 0 Å². The Morgan fingerprint density at radius 1 is 1.21 bits per heavy atom. The zero-order chi connectivity index (χ0) is 14.6. The van der Waals surface area contributed by atoms with E-state index in [-0.39, 0.29) is 29.8 Å². The maximum atomic E-state index is 12.6. The van der Waals surface area contributed by atoms with E-state index in [1.807, 2.05) is 13.8 Å². The highest BCUT2D eigenvalue weighted by Crippen LogP contribution is 2.22. The van der Waals surface area contributed by atoms with Crippen LogP contribution in [0.25, 0.3) is 0 Å². The first-order valence-corrected chi connectivity index (χ1v) is 7.53. The summed E-state index contributed by atoms with van der Waals surface area (Å²) in [5.74, 6) is 0.715. The molecular weight excluding hydrogens is 240 g/mol. The van der Waals surface area contributed by atoms with E-state index in [1.54, 1.807) is 4.90 Å². The van der Waals surface area contributed by atoms with Crippen molar-refractivity contribution in [3.05, 3.63) is 0 Å². The van der Waals surface area contributed by atoms with Gasteiger partial charge in [0.15, 0.2) is 0 Å². The Labute approximate surface area is 116 Å². The summed E-state index contributed by atoms with van der Waals surface area (Å²) in [6.45, 7) is 11.0. The van der Waals surface area contributed by atoms with Gasteiger partial charge in [-0.1, -0.05) is 41.0 Å². The molecule has 1 aliphatic rings. The summed E-state index contributed by atoms with van der Waals surface area (Å²) in [6, 6.07) is -0.625. The molecule has 0 aliphatic carbocycles. The summed E-state index contributed by atoms with van der Waals surface area (Å²) in [5, 5.41) is 2.93. The van der Waals surface area contributed by atoms with E-state index in [9.17, 15) is 9.59 Å². The maximum absolute atomic E-state index is 12.6. The first-order chi connectivity index (χ1) is 8.92. The number of carbonyl (C=O) groups excluding carboxylic acids is 2. The average molecular weight is 268 g/mol. The predicted molar refractivity (Wildman–Crippen MR) is 76.6 cm³/mol. The number of nitrogens with zero attached hydrogens (tertiary/aromatic N) is 1. The second-order valence-electron chi connectivity index (χ2n) is 6.05. The van der Waals surface area contributed by atoms with Crippen LogP contribution in [0, 0.1) is 11.8 Å². The van der Waals surface area contributed by atoms with Gasteiger partial charge in [-0.2, -0.15) is 0 Å². The van der Waals surface area contributed by atoms with Gasteiger partial charge in [0.1, 0.15) is 12.1 Å². The van der Waals surface area contributed by atoms with E-state index in [0.717, 1.165) is 19.3 Å². The highest BCUT2D eigenvalue weighted by Gasteiger charge is 2.41. The number of amides is 2. The fraction of sp³-hybridized carbons (Fsp3) is 0.867. The summed E-state index contributed by atoms with van der Waals surface area (Å²) >= 11 is 0. The van der Waals surface area contributed by atoms with Gasteiger partial charge in [-0.05, 0) is 24.7 Å². The average Bonchev–Trinajstić information content (AvgIpc) is 2.36. The van der Waals surface area contributed by atoms with Gasteiger partial charge in [0.05, 0.1) is 0 Å². The molecule has 0 saturated carbocycles. The van der Waals surface area contributed by atoms with E-state index in [1.165, 1.54) is 0 Å². The minimum atomic E-state index is -0.340. The highest BCUT2D eigenvalue weighted by molar-refractivity contribution is 5.97. The number of hydrogen-bond donors (Lipinski definition) is 1. The SMILES string of the molecule is CCCN1C(=O)C(C(C)CC)NC(=O)C1CC(C)C. The molecule has 3 unspecified atom stereocenters. The Bertz CT molecular complexity index is 328. The van der Waals surface area contributed by atoms with Crippen molar-refractivity contribution < 1.29 is 9.59 Å². The molecule has 110 valence electrons. The lowest BCUT2D eigenvalue weighted by atomic mass is 9.91. The Hall–Kier alpha value is -1.06. The van der Waals surface area contributed by atoms with E-state index in [4.69, 9.17) is 0 Å². The van der Waals surface area contributed by atoms with E-state index in [0.29, 0.717) is 12.5 Å². The molecule has 1 saturated heterocycles. The van der Waals surface area contributed by atoms with Gasteiger partial charge in [-0.3, -0.25) is 9.59 Å². The summed E-state index contributed by atoms with van der Waals surface area (Å²) < 4.78 is 0. The Kier molecular flexibility index (Phi) is 5.83. The second-order valence-corrected chi connectivity index (χ2v) is 6.05.